The van der Waals surface area contributed by atoms with Gasteiger partial charge in [0.2, 0.25) is 5.91 Å². The summed E-state index contributed by atoms with van der Waals surface area (Å²) in [6, 6.07) is 11.0. The summed E-state index contributed by atoms with van der Waals surface area (Å²) in [6.45, 7) is 7.68. The van der Waals surface area contributed by atoms with Crippen LogP contribution in [0, 0.1) is 6.92 Å². The van der Waals surface area contributed by atoms with Gasteiger partial charge in [0.25, 0.3) is 5.91 Å². The molecule has 1 heterocycles. The molecule has 0 saturated heterocycles. The first-order chi connectivity index (χ1) is 12.8. The molecular weight excluding hydrogens is 364 g/mol. The van der Waals surface area contributed by atoms with Gasteiger partial charge in [0.05, 0.1) is 5.69 Å². The number of hydrogen-bond donors (Lipinski definition) is 1. The number of ether oxygens (including phenoxy) is 1. The minimum absolute atomic E-state index is 0.105. The van der Waals surface area contributed by atoms with E-state index in [1.54, 1.807) is 25.1 Å². The van der Waals surface area contributed by atoms with Crippen LogP contribution < -0.4 is 15.0 Å². The Kier molecular flexibility index (Phi) is 5.42. The highest BCUT2D eigenvalue weighted by atomic mass is 35.5. The van der Waals surface area contributed by atoms with Crippen LogP contribution >= 0.6 is 11.6 Å². The maximum atomic E-state index is 12.8. The molecule has 0 saturated carbocycles. The Labute approximate surface area is 164 Å². The van der Waals surface area contributed by atoms with Gasteiger partial charge in [-0.15, -0.1) is 0 Å². The average Bonchev–Trinajstić information content (AvgIpc) is 2.61. The fourth-order valence-corrected chi connectivity index (χ4v) is 3.37. The van der Waals surface area contributed by atoms with E-state index in [2.05, 4.69) is 19.2 Å². The molecule has 1 unspecified atom stereocenters. The molecule has 27 heavy (non-hydrogen) atoms. The van der Waals surface area contributed by atoms with Crippen LogP contribution in [0.15, 0.2) is 36.4 Å². The summed E-state index contributed by atoms with van der Waals surface area (Å²) < 4.78 is 5.62. The van der Waals surface area contributed by atoms with Crippen molar-refractivity contribution in [3.8, 4) is 5.75 Å². The molecule has 1 aliphatic heterocycles. The molecule has 0 aliphatic carbocycles. The van der Waals surface area contributed by atoms with Crippen LogP contribution in [0.1, 0.15) is 37.8 Å². The second-order valence-corrected chi connectivity index (χ2v) is 7.47. The number of nitrogens with zero attached hydrogens (tertiary/aromatic N) is 1. The normalized spacial score (nSPS) is 16.1. The number of benzene rings is 2. The van der Waals surface area contributed by atoms with Crippen molar-refractivity contribution in [2.75, 3.05) is 16.8 Å². The Morgan fingerprint density at radius 3 is 2.74 bits per heavy atom. The van der Waals surface area contributed by atoms with Crippen molar-refractivity contribution in [1.82, 2.24) is 0 Å². The maximum Gasteiger partial charge on any atom is 0.268 e. The molecule has 2 aromatic carbocycles. The van der Waals surface area contributed by atoms with Crippen LogP contribution in [0.25, 0.3) is 0 Å². The molecule has 1 atom stereocenters. The van der Waals surface area contributed by atoms with Gasteiger partial charge in [-0.3, -0.25) is 14.5 Å². The van der Waals surface area contributed by atoms with E-state index in [0.717, 1.165) is 16.8 Å². The number of carbonyl (C=O) groups excluding carboxylic acids is 2. The molecule has 0 fully saturated rings. The fourth-order valence-electron chi connectivity index (χ4n) is 3.21. The number of amides is 2. The Balaban J connectivity index is 1.87. The highest BCUT2D eigenvalue weighted by Gasteiger charge is 2.33. The molecule has 2 aromatic rings. The Bertz CT molecular complexity index is 895. The van der Waals surface area contributed by atoms with Crippen LogP contribution in [-0.4, -0.2) is 24.5 Å². The summed E-state index contributed by atoms with van der Waals surface area (Å²) >= 11 is 6.07. The third kappa shape index (κ3) is 3.93. The molecule has 5 nitrogen and oxygen atoms in total. The van der Waals surface area contributed by atoms with E-state index in [9.17, 15) is 9.59 Å². The highest BCUT2D eigenvalue weighted by Crippen LogP contribution is 2.36. The quantitative estimate of drug-likeness (QED) is 0.840. The standard InChI is InChI=1S/C21H23ClN2O3/c1-12(2)16-7-5-6-13(3)20(16)23-19(25)11-24-17-10-15(22)8-9-18(17)27-14(4)21(24)26/h5-10,12,14H,11H2,1-4H3,(H,23,25). The topological polar surface area (TPSA) is 58.6 Å². The zero-order valence-corrected chi connectivity index (χ0v) is 16.6. The molecule has 3 rings (SSSR count). The second kappa shape index (κ2) is 7.61. The fraction of sp³-hybridized carbons (Fsp3) is 0.333. The Morgan fingerprint density at radius 2 is 2.04 bits per heavy atom. The number of halogens is 1. The van der Waals surface area contributed by atoms with Crippen LogP contribution in [0.4, 0.5) is 11.4 Å². The van der Waals surface area contributed by atoms with Crippen molar-refractivity contribution in [3.63, 3.8) is 0 Å². The third-order valence-electron chi connectivity index (χ3n) is 4.62. The molecule has 6 heteroatoms. The lowest BCUT2D eigenvalue weighted by Crippen LogP contribution is -2.47. The van der Waals surface area contributed by atoms with E-state index < -0.39 is 6.10 Å². The number of nitrogens with one attached hydrogen (secondary N) is 1. The minimum Gasteiger partial charge on any atom is -0.479 e. The molecule has 1 aliphatic rings. The first-order valence-electron chi connectivity index (χ1n) is 8.95. The van der Waals surface area contributed by atoms with Crippen LogP contribution in [-0.2, 0) is 9.59 Å². The predicted octanol–water partition coefficient (Wildman–Crippen LogP) is 4.52. The number of hydrogen-bond acceptors (Lipinski definition) is 3. The molecule has 0 spiro atoms. The average molecular weight is 387 g/mol. The predicted molar refractivity (Wildman–Crippen MR) is 108 cm³/mol. The van der Waals surface area contributed by atoms with E-state index in [1.807, 2.05) is 25.1 Å². The SMILES string of the molecule is Cc1cccc(C(C)C)c1NC(=O)CN1C(=O)C(C)Oc2ccc(Cl)cc21. The zero-order chi connectivity index (χ0) is 19.7. The lowest BCUT2D eigenvalue weighted by molar-refractivity contribution is -0.127. The molecule has 1 N–H and O–H groups in total. The summed E-state index contributed by atoms with van der Waals surface area (Å²) in [6.07, 6.45) is -0.656. The van der Waals surface area contributed by atoms with Crippen molar-refractivity contribution < 1.29 is 14.3 Å². The third-order valence-corrected chi connectivity index (χ3v) is 4.86. The van der Waals surface area contributed by atoms with Gasteiger partial charge in [-0.25, -0.2) is 0 Å². The molecule has 142 valence electrons. The Hall–Kier alpha value is -2.53. The van der Waals surface area contributed by atoms with Crippen molar-refractivity contribution in [1.29, 1.82) is 0 Å². The van der Waals surface area contributed by atoms with Gasteiger partial charge < -0.3 is 10.1 Å². The molecule has 2 amide bonds. The van der Waals surface area contributed by atoms with Crippen molar-refractivity contribution in [2.45, 2.75) is 39.7 Å². The minimum atomic E-state index is -0.656. The van der Waals surface area contributed by atoms with E-state index in [-0.39, 0.29) is 24.3 Å². The van der Waals surface area contributed by atoms with E-state index in [4.69, 9.17) is 16.3 Å². The van der Waals surface area contributed by atoms with Crippen molar-refractivity contribution >= 4 is 34.8 Å². The smallest absolute Gasteiger partial charge is 0.268 e. The lowest BCUT2D eigenvalue weighted by atomic mass is 9.98. The molecular formula is C21H23ClN2O3. The lowest BCUT2D eigenvalue weighted by Gasteiger charge is -2.32. The maximum absolute atomic E-state index is 12.8. The summed E-state index contributed by atoms with van der Waals surface area (Å²) in [5.41, 5.74) is 3.36. The zero-order valence-electron chi connectivity index (χ0n) is 15.9. The summed E-state index contributed by atoms with van der Waals surface area (Å²) in [4.78, 5) is 26.8. The number of fused-ring (bicyclic) bond motifs is 1. The van der Waals surface area contributed by atoms with Gasteiger partial charge in [0.15, 0.2) is 6.10 Å². The number of para-hydroxylation sites is 1. The van der Waals surface area contributed by atoms with E-state index in [0.29, 0.717) is 16.5 Å². The van der Waals surface area contributed by atoms with Crippen molar-refractivity contribution in [2.24, 2.45) is 0 Å². The number of rotatable bonds is 4. The van der Waals surface area contributed by atoms with Gasteiger partial charge in [-0.2, -0.15) is 0 Å². The van der Waals surface area contributed by atoms with Crippen molar-refractivity contribution in [3.05, 3.63) is 52.5 Å². The largest absolute Gasteiger partial charge is 0.479 e. The van der Waals surface area contributed by atoms with E-state index >= 15 is 0 Å². The van der Waals surface area contributed by atoms with Gasteiger partial charge in [0, 0.05) is 10.7 Å². The van der Waals surface area contributed by atoms with Crippen LogP contribution in [0.3, 0.4) is 0 Å². The van der Waals surface area contributed by atoms with Gasteiger partial charge in [-0.1, -0.05) is 43.6 Å². The van der Waals surface area contributed by atoms with E-state index in [1.165, 1.54) is 4.90 Å². The number of anilines is 2. The molecule has 0 bridgehead atoms. The van der Waals surface area contributed by atoms with Gasteiger partial charge in [-0.05, 0) is 49.1 Å². The van der Waals surface area contributed by atoms with Crippen LogP contribution in [0.2, 0.25) is 5.02 Å². The summed E-state index contributed by atoms with van der Waals surface area (Å²) in [5, 5.41) is 3.46. The summed E-state index contributed by atoms with van der Waals surface area (Å²) in [5.74, 6) is 0.274. The molecule has 0 radical (unpaired) electrons. The van der Waals surface area contributed by atoms with Gasteiger partial charge >= 0.3 is 0 Å². The van der Waals surface area contributed by atoms with Gasteiger partial charge in [0.1, 0.15) is 12.3 Å². The number of carbonyl (C=O) groups is 2. The number of aryl methyl sites for hydroxylation is 1. The first-order valence-corrected chi connectivity index (χ1v) is 9.32. The Morgan fingerprint density at radius 1 is 1.30 bits per heavy atom. The van der Waals surface area contributed by atoms with Crippen LogP contribution in [0.5, 0.6) is 5.75 Å². The molecule has 0 aromatic heterocycles. The first kappa shape index (κ1) is 19.2. The monoisotopic (exact) mass is 386 g/mol. The highest BCUT2D eigenvalue weighted by molar-refractivity contribution is 6.31. The second-order valence-electron chi connectivity index (χ2n) is 7.04. The summed E-state index contributed by atoms with van der Waals surface area (Å²) in [7, 11) is 0.